The molecule has 0 spiro atoms. The van der Waals surface area contributed by atoms with Crippen LogP contribution in [0.4, 0.5) is 22.7 Å². The molecule has 0 radical (unpaired) electrons. The van der Waals surface area contributed by atoms with E-state index in [0.29, 0.717) is 11.4 Å². The third-order valence-corrected chi connectivity index (χ3v) is 3.11. The topological polar surface area (TPSA) is 98.7 Å². The summed E-state index contributed by atoms with van der Waals surface area (Å²) in [6.45, 7) is 0. The molecule has 0 aromatic heterocycles. The van der Waals surface area contributed by atoms with Crippen LogP contribution in [0.3, 0.4) is 0 Å². The van der Waals surface area contributed by atoms with E-state index in [0.717, 1.165) is 0 Å². The van der Waals surface area contributed by atoms with Crippen molar-refractivity contribution in [1.82, 2.24) is 0 Å². The number of para-hydroxylation sites is 2. The molecule has 100 valence electrons. The van der Waals surface area contributed by atoms with E-state index in [9.17, 15) is 19.8 Å². The maximum absolute atomic E-state index is 11.3. The number of aromatic carboxylic acids is 2. The first-order valence-corrected chi connectivity index (χ1v) is 5.84. The Bertz CT molecular complexity index is 678. The Morgan fingerprint density at radius 2 is 1.15 bits per heavy atom. The molecule has 0 fully saturated rings. The number of fused-ring (bicyclic) bond motifs is 2. The monoisotopic (exact) mass is 270 g/mol. The van der Waals surface area contributed by atoms with Crippen molar-refractivity contribution >= 4 is 34.7 Å². The minimum atomic E-state index is -1.12. The third kappa shape index (κ3) is 1.74. The van der Waals surface area contributed by atoms with Crippen LogP contribution in [0.1, 0.15) is 20.7 Å². The van der Waals surface area contributed by atoms with Gasteiger partial charge in [-0.1, -0.05) is 12.1 Å². The van der Waals surface area contributed by atoms with Gasteiger partial charge in [0.2, 0.25) is 0 Å². The van der Waals surface area contributed by atoms with Crippen LogP contribution >= 0.6 is 0 Å². The summed E-state index contributed by atoms with van der Waals surface area (Å²) in [5, 5.41) is 24.4. The van der Waals surface area contributed by atoms with Gasteiger partial charge in [-0.2, -0.15) is 0 Å². The van der Waals surface area contributed by atoms with Crippen molar-refractivity contribution < 1.29 is 19.8 Å². The zero-order valence-corrected chi connectivity index (χ0v) is 10.2. The van der Waals surface area contributed by atoms with Crippen LogP contribution in [0.15, 0.2) is 36.4 Å². The Morgan fingerprint density at radius 1 is 0.750 bits per heavy atom. The molecule has 0 atom stereocenters. The highest BCUT2D eigenvalue weighted by atomic mass is 16.4. The molecule has 0 amide bonds. The highest BCUT2D eigenvalue weighted by molar-refractivity contribution is 6.09. The van der Waals surface area contributed by atoms with Crippen LogP contribution in [0.5, 0.6) is 0 Å². The molecule has 0 unspecified atom stereocenters. The Hall–Kier alpha value is -3.02. The molecule has 2 aromatic carbocycles. The minimum absolute atomic E-state index is 0.0204. The van der Waals surface area contributed by atoms with Crippen molar-refractivity contribution in [3.8, 4) is 0 Å². The molecular weight excluding hydrogens is 260 g/mol. The number of carbonyl (C=O) groups is 2. The summed E-state index contributed by atoms with van der Waals surface area (Å²) in [5.74, 6) is -2.24. The molecule has 2 aromatic rings. The maximum Gasteiger partial charge on any atom is 0.337 e. The van der Waals surface area contributed by atoms with E-state index >= 15 is 0 Å². The smallest absolute Gasteiger partial charge is 0.337 e. The second-order valence-corrected chi connectivity index (χ2v) is 4.32. The molecule has 0 aliphatic carbocycles. The van der Waals surface area contributed by atoms with E-state index in [1.165, 1.54) is 12.1 Å². The average molecular weight is 270 g/mol. The van der Waals surface area contributed by atoms with E-state index in [1.54, 1.807) is 24.3 Å². The van der Waals surface area contributed by atoms with Crippen molar-refractivity contribution in [2.75, 3.05) is 10.6 Å². The van der Waals surface area contributed by atoms with Gasteiger partial charge in [-0.3, -0.25) is 0 Å². The van der Waals surface area contributed by atoms with Gasteiger partial charge >= 0.3 is 11.9 Å². The van der Waals surface area contributed by atoms with Gasteiger partial charge in [0.25, 0.3) is 0 Å². The number of hydrogen-bond acceptors (Lipinski definition) is 4. The Kier molecular flexibility index (Phi) is 2.57. The fourth-order valence-electron chi connectivity index (χ4n) is 2.19. The number of carboxylic acids is 2. The molecule has 0 bridgehead atoms. The first-order chi connectivity index (χ1) is 9.58. The van der Waals surface area contributed by atoms with E-state index in [-0.39, 0.29) is 22.5 Å². The fourth-order valence-corrected chi connectivity index (χ4v) is 2.19. The van der Waals surface area contributed by atoms with Crippen molar-refractivity contribution in [2.24, 2.45) is 0 Å². The van der Waals surface area contributed by atoms with Crippen molar-refractivity contribution in [1.29, 1.82) is 0 Å². The van der Waals surface area contributed by atoms with Crippen LogP contribution in [-0.2, 0) is 0 Å². The second-order valence-electron chi connectivity index (χ2n) is 4.32. The lowest BCUT2D eigenvalue weighted by molar-refractivity contribution is 0.0682. The second kappa shape index (κ2) is 4.27. The van der Waals surface area contributed by atoms with E-state index in [2.05, 4.69) is 10.6 Å². The predicted molar refractivity (Wildman–Crippen MR) is 73.4 cm³/mol. The lowest BCUT2D eigenvalue weighted by Gasteiger charge is -2.25. The van der Waals surface area contributed by atoms with Gasteiger partial charge < -0.3 is 20.8 Å². The Balaban J connectivity index is 2.23. The largest absolute Gasteiger partial charge is 0.478 e. The predicted octanol–water partition coefficient (Wildman–Crippen LogP) is 2.88. The number of carboxylic acid groups (broad SMARTS) is 2. The van der Waals surface area contributed by atoms with Gasteiger partial charge in [0.15, 0.2) is 0 Å². The summed E-state index contributed by atoms with van der Waals surface area (Å²) in [6, 6.07) is 9.75. The molecule has 6 nitrogen and oxygen atoms in total. The van der Waals surface area contributed by atoms with Gasteiger partial charge in [0.1, 0.15) is 0 Å². The molecule has 6 heteroatoms. The molecule has 1 aliphatic rings. The first-order valence-electron chi connectivity index (χ1n) is 5.84. The van der Waals surface area contributed by atoms with Gasteiger partial charge in [-0.05, 0) is 24.3 Å². The average Bonchev–Trinajstić information content (AvgIpc) is 2.43. The zero-order chi connectivity index (χ0) is 14.3. The third-order valence-electron chi connectivity index (χ3n) is 3.11. The van der Waals surface area contributed by atoms with E-state index in [1.807, 2.05) is 0 Å². The maximum atomic E-state index is 11.3. The first kappa shape index (κ1) is 12.0. The molecule has 1 aliphatic heterocycles. The lowest BCUT2D eigenvalue weighted by atomic mass is 10.0. The van der Waals surface area contributed by atoms with Gasteiger partial charge in [0.05, 0.1) is 33.9 Å². The van der Waals surface area contributed by atoms with Gasteiger partial charge in [0, 0.05) is 0 Å². The molecule has 4 N–H and O–H groups in total. The number of nitrogens with one attached hydrogen (secondary N) is 2. The molecule has 3 rings (SSSR count). The van der Waals surface area contributed by atoms with Crippen LogP contribution in [0, 0.1) is 0 Å². The van der Waals surface area contributed by atoms with E-state index in [4.69, 9.17) is 0 Å². The number of benzene rings is 2. The number of hydrogen-bond donors (Lipinski definition) is 4. The summed E-state index contributed by atoms with van der Waals surface area (Å²) in [7, 11) is 0. The van der Waals surface area contributed by atoms with Crippen LogP contribution in [-0.4, -0.2) is 22.2 Å². The Labute approximate surface area is 113 Å². The van der Waals surface area contributed by atoms with E-state index < -0.39 is 11.9 Å². The molecule has 0 saturated carbocycles. The molecular formula is C14H10N2O4. The Morgan fingerprint density at radius 3 is 1.50 bits per heavy atom. The minimum Gasteiger partial charge on any atom is -0.478 e. The van der Waals surface area contributed by atoms with Gasteiger partial charge in [-0.25, -0.2) is 9.59 Å². The summed E-state index contributed by atoms with van der Waals surface area (Å²) >= 11 is 0. The summed E-state index contributed by atoms with van der Waals surface area (Å²) in [4.78, 5) is 22.5. The highest BCUT2D eigenvalue weighted by Crippen LogP contribution is 2.42. The standard InChI is InChI=1S/C14H10N2O4/c17-13(18)7-5-6-8(14(19)20)12-11(7)15-9-3-1-2-4-10(9)16-12/h1-6,15-16H,(H,17,18)(H,19,20). The quantitative estimate of drug-likeness (QED) is 0.571. The normalized spacial score (nSPS) is 11.6. The van der Waals surface area contributed by atoms with Crippen molar-refractivity contribution in [3.63, 3.8) is 0 Å². The highest BCUT2D eigenvalue weighted by Gasteiger charge is 2.25. The molecule has 0 saturated heterocycles. The number of anilines is 4. The summed E-state index contributed by atoms with van der Waals surface area (Å²) in [6.07, 6.45) is 0. The molecule has 20 heavy (non-hydrogen) atoms. The van der Waals surface area contributed by atoms with Crippen LogP contribution in [0.25, 0.3) is 0 Å². The number of rotatable bonds is 2. The van der Waals surface area contributed by atoms with Crippen LogP contribution < -0.4 is 10.6 Å². The van der Waals surface area contributed by atoms with Crippen molar-refractivity contribution in [3.05, 3.63) is 47.5 Å². The SMILES string of the molecule is O=C(O)c1ccc(C(=O)O)c2c1Nc1ccccc1N2. The fraction of sp³-hybridized carbons (Fsp3) is 0. The lowest BCUT2D eigenvalue weighted by Crippen LogP contribution is -2.14. The zero-order valence-electron chi connectivity index (χ0n) is 10.2. The summed E-state index contributed by atoms with van der Waals surface area (Å²) < 4.78 is 0. The summed E-state index contributed by atoms with van der Waals surface area (Å²) in [5.41, 5.74) is 1.96. The molecule has 1 heterocycles. The van der Waals surface area contributed by atoms with Crippen LogP contribution in [0.2, 0.25) is 0 Å². The van der Waals surface area contributed by atoms with Crippen molar-refractivity contribution in [2.45, 2.75) is 0 Å². The van der Waals surface area contributed by atoms with Gasteiger partial charge in [-0.15, -0.1) is 0 Å².